The fourth-order valence-corrected chi connectivity index (χ4v) is 5.45. The molecule has 191 valence electrons. The van der Waals surface area contributed by atoms with Crippen molar-refractivity contribution in [1.82, 2.24) is 20.2 Å². The minimum atomic E-state index is 0.462. The van der Waals surface area contributed by atoms with Crippen LogP contribution in [0, 0.1) is 5.92 Å². The van der Waals surface area contributed by atoms with Crippen LogP contribution in [0.1, 0.15) is 43.5 Å². The minimum absolute atomic E-state index is 0.462. The zero-order chi connectivity index (χ0) is 26.2. The van der Waals surface area contributed by atoms with Crippen LogP contribution in [0.15, 0.2) is 96.5 Å². The number of hydrogen-bond donors (Lipinski definition) is 3. The number of amidine groups is 1. The van der Waals surface area contributed by atoms with Gasteiger partial charge in [0, 0.05) is 34.9 Å². The van der Waals surface area contributed by atoms with Gasteiger partial charge in [0.1, 0.15) is 18.1 Å². The fraction of sp³-hybridized carbons (Fsp3) is 0.233. The van der Waals surface area contributed by atoms with E-state index < -0.39 is 0 Å². The smallest absolute Gasteiger partial charge is 0.399 e. The maximum Gasteiger partial charge on any atom is 0.553 e. The van der Waals surface area contributed by atoms with Crippen molar-refractivity contribution in [3.63, 3.8) is 0 Å². The van der Waals surface area contributed by atoms with E-state index >= 15 is 0 Å². The number of allylic oxidation sites excluding steroid dienone is 2. The molecule has 0 aliphatic carbocycles. The van der Waals surface area contributed by atoms with E-state index in [-0.39, 0.29) is 0 Å². The Morgan fingerprint density at radius 2 is 1.79 bits per heavy atom. The van der Waals surface area contributed by atoms with Gasteiger partial charge in [0.25, 0.3) is 5.84 Å². The Balaban J connectivity index is 1.42. The standard InChI is InChI=1S/C30H33BN7/c1-4-8-21(2)25-20-36(34-33-25)29-18-16-27-30(23-11-13-24(32)14-12-23)26-15-17-28(37(26)31-38(27)29)35(3)19-22-9-6-5-7-10-22/h5-7,9-18,20-21,32-34H,4,8,19H2,1-3H3/p+1. The van der Waals surface area contributed by atoms with Crippen LogP contribution in [0.5, 0.6) is 0 Å². The first-order chi connectivity index (χ1) is 18.5. The van der Waals surface area contributed by atoms with Crippen LogP contribution in [0.2, 0.25) is 0 Å². The summed E-state index contributed by atoms with van der Waals surface area (Å²) in [5.41, 5.74) is 20.6. The normalized spacial score (nSPS) is 18.1. The van der Waals surface area contributed by atoms with Crippen molar-refractivity contribution in [1.29, 1.82) is 0 Å². The van der Waals surface area contributed by atoms with Crippen LogP contribution < -0.4 is 21.7 Å². The maximum atomic E-state index is 6.05. The van der Waals surface area contributed by atoms with E-state index in [2.05, 4.69) is 131 Å². The first kappa shape index (κ1) is 24.2. The molecule has 2 aromatic carbocycles. The molecule has 4 heterocycles. The lowest BCUT2D eigenvalue weighted by atomic mass is 9.91. The summed E-state index contributed by atoms with van der Waals surface area (Å²) in [5.74, 6) is 2.63. The third-order valence-electron chi connectivity index (χ3n) is 7.48. The third kappa shape index (κ3) is 4.31. The number of nitrogens with two attached hydrogens (primary N) is 1. The van der Waals surface area contributed by atoms with Crippen LogP contribution in [0.25, 0.3) is 5.57 Å². The predicted molar refractivity (Wildman–Crippen MR) is 156 cm³/mol. The average molecular weight is 503 g/mol. The van der Waals surface area contributed by atoms with E-state index in [9.17, 15) is 0 Å². The van der Waals surface area contributed by atoms with Crippen LogP contribution in [-0.2, 0) is 6.54 Å². The summed E-state index contributed by atoms with van der Waals surface area (Å²) >= 11 is 0. The number of fused-ring (bicyclic) bond motifs is 2. The van der Waals surface area contributed by atoms with Gasteiger partial charge in [-0.05, 0) is 53.8 Å². The highest BCUT2D eigenvalue weighted by Gasteiger charge is 2.40. The highest BCUT2D eigenvalue weighted by atomic mass is 15.7. The van der Waals surface area contributed by atoms with Gasteiger partial charge >= 0.3 is 7.55 Å². The molecule has 0 amide bonds. The van der Waals surface area contributed by atoms with Crippen molar-refractivity contribution in [3.8, 4) is 0 Å². The molecule has 8 heteroatoms. The van der Waals surface area contributed by atoms with Crippen LogP contribution in [0.3, 0.4) is 0 Å². The lowest BCUT2D eigenvalue weighted by molar-refractivity contribution is -0.516. The van der Waals surface area contributed by atoms with E-state index in [1.807, 2.05) is 12.1 Å². The lowest BCUT2D eigenvalue weighted by Crippen LogP contribution is -2.44. The van der Waals surface area contributed by atoms with E-state index in [0.717, 1.165) is 53.7 Å². The summed E-state index contributed by atoms with van der Waals surface area (Å²) in [6, 6.07) is 23.1. The molecule has 3 aliphatic rings. The van der Waals surface area contributed by atoms with Gasteiger partial charge in [0.05, 0.1) is 7.05 Å². The van der Waals surface area contributed by atoms with Crippen molar-refractivity contribution in [2.45, 2.75) is 33.2 Å². The maximum absolute atomic E-state index is 6.05. The van der Waals surface area contributed by atoms with Crippen molar-refractivity contribution < 1.29 is 4.58 Å². The largest absolute Gasteiger partial charge is 0.553 e. The molecule has 1 unspecified atom stereocenters. The molecule has 0 bridgehead atoms. The molecule has 1 radical (unpaired) electrons. The molecule has 0 saturated carbocycles. The van der Waals surface area contributed by atoms with Crippen molar-refractivity contribution >= 4 is 30.5 Å². The molecule has 3 aliphatic heterocycles. The highest BCUT2D eigenvalue weighted by molar-refractivity contribution is 6.41. The molecule has 0 spiro atoms. The molecule has 7 nitrogen and oxygen atoms in total. The molecular formula is C30H34BN7+. The van der Waals surface area contributed by atoms with E-state index in [4.69, 9.17) is 5.73 Å². The second kappa shape index (κ2) is 9.95. The molecular weight excluding hydrogens is 469 g/mol. The molecule has 1 atom stereocenters. The summed E-state index contributed by atoms with van der Waals surface area (Å²) in [7, 11) is 4.34. The summed E-state index contributed by atoms with van der Waals surface area (Å²) in [4.78, 5) is 2.29. The fourth-order valence-electron chi connectivity index (χ4n) is 5.45. The molecule has 3 aromatic rings. The SMILES string of the molecule is CCCC(C)C1=CN(c2ccc3n2[B]N2C(=C3c3ccc(N)cc3)C=CC2=[N+](C)Cc2ccccc2)NN1. The topological polar surface area (TPSA) is 64.5 Å². The van der Waals surface area contributed by atoms with Gasteiger partial charge in [-0.3, -0.25) is 9.39 Å². The van der Waals surface area contributed by atoms with Gasteiger partial charge in [0.15, 0.2) is 0 Å². The Morgan fingerprint density at radius 3 is 2.55 bits per heavy atom. The van der Waals surface area contributed by atoms with Gasteiger partial charge in [0.2, 0.25) is 0 Å². The number of nitrogens with one attached hydrogen (secondary N) is 2. The van der Waals surface area contributed by atoms with Crippen LogP contribution in [0.4, 0.5) is 11.5 Å². The monoisotopic (exact) mass is 503 g/mol. The molecule has 0 saturated heterocycles. The Bertz CT molecular complexity index is 1460. The zero-order valence-corrected chi connectivity index (χ0v) is 22.2. The number of rotatable bonds is 7. The van der Waals surface area contributed by atoms with Crippen LogP contribution in [-0.4, -0.2) is 34.3 Å². The van der Waals surface area contributed by atoms with E-state index in [0.29, 0.717) is 5.92 Å². The molecule has 4 N–H and O–H groups in total. The number of hydrazine groups is 2. The number of hydrogen-bond acceptors (Lipinski definition) is 4. The number of nitrogens with zero attached hydrogens (tertiary/aromatic N) is 4. The summed E-state index contributed by atoms with van der Waals surface area (Å²) in [5, 5.41) is 2.07. The van der Waals surface area contributed by atoms with E-state index in [1.165, 1.54) is 16.8 Å². The second-order valence-corrected chi connectivity index (χ2v) is 10.2. The quantitative estimate of drug-likeness (QED) is 0.253. The Hall–Kier alpha value is -4.17. The number of anilines is 2. The predicted octanol–water partition coefficient (Wildman–Crippen LogP) is 4.45. The Labute approximate surface area is 225 Å². The second-order valence-electron chi connectivity index (χ2n) is 10.2. The molecule has 1 aromatic heterocycles. The minimum Gasteiger partial charge on any atom is -0.399 e. The lowest BCUT2D eigenvalue weighted by Gasteiger charge is -2.27. The first-order valence-electron chi connectivity index (χ1n) is 13.3. The van der Waals surface area contributed by atoms with Crippen LogP contribution >= 0.6 is 0 Å². The molecule has 0 fully saturated rings. The molecule has 6 rings (SSSR count). The summed E-state index contributed by atoms with van der Waals surface area (Å²) in [6.45, 7) is 5.31. The summed E-state index contributed by atoms with van der Waals surface area (Å²) < 4.78 is 4.56. The number of nitrogen functional groups attached to an aromatic ring is 1. The van der Waals surface area contributed by atoms with E-state index in [1.54, 1.807) is 0 Å². The van der Waals surface area contributed by atoms with Gasteiger partial charge in [-0.15, -0.1) is 5.53 Å². The average Bonchev–Trinajstić information content (AvgIpc) is 3.67. The Morgan fingerprint density at radius 1 is 1.00 bits per heavy atom. The number of benzene rings is 2. The van der Waals surface area contributed by atoms with Crippen molar-refractivity contribution in [2.75, 3.05) is 17.8 Å². The van der Waals surface area contributed by atoms with Gasteiger partial charge < -0.3 is 15.6 Å². The zero-order valence-electron chi connectivity index (χ0n) is 22.2. The van der Waals surface area contributed by atoms with Crippen molar-refractivity contribution in [2.24, 2.45) is 5.92 Å². The highest BCUT2D eigenvalue weighted by Crippen LogP contribution is 2.38. The van der Waals surface area contributed by atoms with Gasteiger partial charge in [-0.25, -0.2) is 5.01 Å². The first-order valence-corrected chi connectivity index (χ1v) is 13.3. The third-order valence-corrected chi connectivity index (χ3v) is 7.48. The summed E-state index contributed by atoms with van der Waals surface area (Å²) in [6.07, 6.45) is 8.90. The van der Waals surface area contributed by atoms with Gasteiger partial charge in [-0.1, -0.05) is 62.7 Å². The van der Waals surface area contributed by atoms with Crippen molar-refractivity contribution in [3.05, 3.63) is 113 Å². The molecule has 38 heavy (non-hydrogen) atoms. The number of aromatic nitrogens is 1. The van der Waals surface area contributed by atoms with Gasteiger partial charge in [-0.2, -0.15) is 0 Å². The Kier molecular flexibility index (Phi) is 6.33.